The minimum Gasteiger partial charge on any atom is -0.350 e. The minimum absolute atomic E-state index is 0.0681. The second kappa shape index (κ2) is 7.98. The molecule has 8 nitrogen and oxygen atoms in total. The third-order valence-corrected chi connectivity index (χ3v) is 5.36. The zero-order valence-corrected chi connectivity index (χ0v) is 17.1. The summed E-state index contributed by atoms with van der Waals surface area (Å²) in [5, 5.41) is 7.41. The van der Waals surface area contributed by atoms with E-state index < -0.39 is 0 Å². The molecule has 0 saturated heterocycles. The van der Waals surface area contributed by atoms with E-state index in [1.54, 1.807) is 36.4 Å². The highest BCUT2D eigenvalue weighted by Crippen LogP contribution is 2.32. The summed E-state index contributed by atoms with van der Waals surface area (Å²) in [4.78, 5) is 28.4. The highest BCUT2D eigenvalue weighted by Gasteiger charge is 2.26. The largest absolute Gasteiger partial charge is 0.350 e. The Morgan fingerprint density at radius 1 is 1.03 bits per heavy atom. The van der Waals surface area contributed by atoms with Crippen molar-refractivity contribution < 1.29 is 4.79 Å². The second-order valence-corrected chi connectivity index (χ2v) is 7.44. The number of benzene rings is 1. The predicted molar refractivity (Wildman–Crippen MR) is 116 cm³/mol. The number of nitrogens with one attached hydrogen (secondary N) is 1. The van der Waals surface area contributed by atoms with Gasteiger partial charge < -0.3 is 10.2 Å². The van der Waals surface area contributed by atoms with Gasteiger partial charge in [-0.15, -0.1) is 0 Å². The molecule has 0 bridgehead atoms. The summed E-state index contributed by atoms with van der Waals surface area (Å²) in [7, 11) is 1.77. The standard InChI is InChI=1S/C23H21N7O/c1-29-20(8-10-27-29)22(31)30-14-17-6-2-3-7-19(17)21-18(15-30)13-26-23(28-21)25-12-16-5-4-9-24-11-16/h2-11,13H,12,14-15H2,1H3,(H,25,26,28). The first kappa shape index (κ1) is 18.9. The lowest BCUT2D eigenvalue weighted by Gasteiger charge is -2.21. The molecule has 1 aliphatic rings. The van der Waals surface area contributed by atoms with Crippen molar-refractivity contribution in [3.05, 3.63) is 89.6 Å². The minimum atomic E-state index is -0.0681. The number of anilines is 1. The van der Waals surface area contributed by atoms with E-state index in [2.05, 4.69) is 20.4 Å². The van der Waals surface area contributed by atoms with E-state index >= 15 is 0 Å². The normalized spacial score (nSPS) is 12.6. The molecule has 4 aromatic rings. The molecule has 8 heteroatoms. The first-order valence-corrected chi connectivity index (χ1v) is 10.0. The quantitative estimate of drug-likeness (QED) is 0.555. The molecule has 0 spiro atoms. The lowest BCUT2D eigenvalue weighted by atomic mass is 10.0. The van der Waals surface area contributed by atoms with Gasteiger partial charge in [-0.3, -0.25) is 14.5 Å². The zero-order valence-electron chi connectivity index (χ0n) is 17.1. The van der Waals surface area contributed by atoms with Crippen LogP contribution in [0.25, 0.3) is 11.3 Å². The topological polar surface area (TPSA) is 88.8 Å². The average Bonchev–Trinajstić information content (AvgIpc) is 3.16. The van der Waals surface area contributed by atoms with Crippen LogP contribution in [0.4, 0.5) is 5.95 Å². The molecule has 31 heavy (non-hydrogen) atoms. The van der Waals surface area contributed by atoms with Crippen LogP contribution in [0.1, 0.15) is 27.2 Å². The summed E-state index contributed by atoms with van der Waals surface area (Å²) in [5.74, 6) is 0.477. The van der Waals surface area contributed by atoms with E-state index in [4.69, 9.17) is 4.98 Å². The highest BCUT2D eigenvalue weighted by atomic mass is 16.2. The molecule has 0 radical (unpaired) electrons. The second-order valence-electron chi connectivity index (χ2n) is 7.44. The molecule has 0 saturated carbocycles. The number of aryl methyl sites for hydroxylation is 1. The SMILES string of the molecule is Cn1nccc1C(=O)N1Cc2ccccc2-c2nc(NCc3cccnc3)ncc2C1. The lowest BCUT2D eigenvalue weighted by molar-refractivity contribution is 0.0721. The maximum absolute atomic E-state index is 13.2. The number of pyridine rings is 1. The Hall–Kier alpha value is -4.07. The molecule has 0 aliphatic carbocycles. The Balaban J connectivity index is 1.48. The van der Waals surface area contributed by atoms with Gasteiger partial charge in [-0.05, 0) is 23.3 Å². The fourth-order valence-corrected chi connectivity index (χ4v) is 3.77. The van der Waals surface area contributed by atoms with Gasteiger partial charge in [-0.1, -0.05) is 30.3 Å². The maximum Gasteiger partial charge on any atom is 0.272 e. The first-order chi connectivity index (χ1) is 15.2. The number of rotatable bonds is 4. The third-order valence-electron chi connectivity index (χ3n) is 5.36. The molecule has 0 atom stereocenters. The van der Waals surface area contributed by atoms with Gasteiger partial charge in [0.15, 0.2) is 0 Å². The summed E-state index contributed by atoms with van der Waals surface area (Å²) in [6, 6.07) is 13.7. The van der Waals surface area contributed by atoms with Gasteiger partial charge in [-0.2, -0.15) is 5.10 Å². The molecule has 154 valence electrons. The molecule has 0 unspecified atom stereocenters. The summed E-state index contributed by atoms with van der Waals surface area (Å²) in [6.07, 6.45) is 7.00. The molecule has 4 heterocycles. The maximum atomic E-state index is 13.2. The van der Waals surface area contributed by atoms with E-state index in [1.807, 2.05) is 47.5 Å². The zero-order chi connectivity index (χ0) is 21.2. The van der Waals surface area contributed by atoms with E-state index in [-0.39, 0.29) is 5.91 Å². The van der Waals surface area contributed by atoms with Crippen molar-refractivity contribution >= 4 is 11.9 Å². The molecule has 0 fully saturated rings. The van der Waals surface area contributed by atoms with Crippen LogP contribution in [-0.2, 0) is 26.7 Å². The molecule has 1 aromatic carbocycles. The van der Waals surface area contributed by atoms with Gasteiger partial charge in [0.1, 0.15) is 5.69 Å². The van der Waals surface area contributed by atoms with Crippen LogP contribution >= 0.6 is 0 Å². The van der Waals surface area contributed by atoms with E-state index in [9.17, 15) is 4.79 Å². The molecule has 5 rings (SSSR count). The Kier molecular flexibility index (Phi) is 4.87. The van der Waals surface area contributed by atoms with Gasteiger partial charge >= 0.3 is 0 Å². The smallest absolute Gasteiger partial charge is 0.272 e. The molecule has 3 aromatic heterocycles. The van der Waals surface area contributed by atoms with Crippen molar-refractivity contribution in [1.29, 1.82) is 0 Å². The Bertz CT molecular complexity index is 1240. The fraction of sp³-hybridized carbons (Fsp3) is 0.174. The van der Waals surface area contributed by atoms with E-state index in [0.29, 0.717) is 31.3 Å². The number of fused-ring (bicyclic) bond motifs is 3. The lowest BCUT2D eigenvalue weighted by Crippen LogP contribution is -2.31. The van der Waals surface area contributed by atoms with Crippen LogP contribution in [-0.4, -0.2) is 35.5 Å². The molecule has 1 aliphatic heterocycles. The van der Waals surface area contributed by atoms with Crippen LogP contribution in [0, 0.1) is 0 Å². The molecule has 1 N–H and O–H groups in total. The van der Waals surface area contributed by atoms with Crippen LogP contribution in [0.2, 0.25) is 0 Å². The van der Waals surface area contributed by atoms with Crippen LogP contribution in [0.3, 0.4) is 0 Å². The Morgan fingerprint density at radius 2 is 1.90 bits per heavy atom. The summed E-state index contributed by atoms with van der Waals surface area (Å²) in [5.41, 5.74) is 5.43. The number of carbonyl (C=O) groups excluding carboxylic acids is 1. The van der Waals surface area contributed by atoms with Crippen molar-refractivity contribution in [2.45, 2.75) is 19.6 Å². The van der Waals surface area contributed by atoms with Crippen molar-refractivity contribution in [1.82, 2.24) is 29.6 Å². The van der Waals surface area contributed by atoms with Crippen LogP contribution in [0.5, 0.6) is 0 Å². The average molecular weight is 411 g/mol. The summed E-state index contributed by atoms with van der Waals surface area (Å²) in [6.45, 7) is 1.51. The van der Waals surface area contributed by atoms with Crippen molar-refractivity contribution in [2.75, 3.05) is 5.32 Å². The number of hydrogen-bond donors (Lipinski definition) is 1. The first-order valence-electron chi connectivity index (χ1n) is 10.0. The Labute approximate surface area is 179 Å². The monoisotopic (exact) mass is 411 g/mol. The number of nitrogens with zero attached hydrogens (tertiary/aromatic N) is 6. The van der Waals surface area contributed by atoms with Gasteiger partial charge in [0.05, 0.1) is 12.2 Å². The molecular formula is C23H21N7O. The van der Waals surface area contributed by atoms with E-state index in [1.165, 1.54) is 0 Å². The number of aromatic nitrogens is 5. The predicted octanol–water partition coefficient (Wildman–Crippen LogP) is 3.04. The van der Waals surface area contributed by atoms with Gasteiger partial charge in [-0.25, -0.2) is 9.97 Å². The number of amides is 1. The van der Waals surface area contributed by atoms with Crippen molar-refractivity contribution in [3.63, 3.8) is 0 Å². The number of hydrogen-bond acceptors (Lipinski definition) is 6. The summed E-state index contributed by atoms with van der Waals surface area (Å²) < 4.78 is 1.60. The fourth-order valence-electron chi connectivity index (χ4n) is 3.77. The Morgan fingerprint density at radius 3 is 2.71 bits per heavy atom. The van der Waals surface area contributed by atoms with Crippen molar-refractivity contribution in [3.8, 4) is 11.3 Å². The summed E-state index contributed by atoms with van der Waals surface area (Å²) >= 11 is 0. The van der Waals surface area contributed by atoms with Gasteiger partial charge in [0, 0.05) is 56.1 Å². The van der Waals surface area contributed by atoms with Gasteiger partial charge in [0.2, 0.25) is 5.95 Å². The van der Waals surface area contributed by atoms with Crippen molar-refractivity contribution in [2.24, 2.45) is 7.05 Å². The van der Waals surface area contributed by atoms with Gasteiger partial charge in [0.25, 0.3) is 5.91 Å². The number of carbonyl (C=O) groups is 1. The highest BCUT2D eigenvalue weighted by molar-refractivity contribution is 5.93. The molecular weight excluding hydrogens is 390 g/mol. The van der Waals surface area contributed by atoms with E-state index in [0.717, 1.165) is 27.9 Å². The van der Waals surface area contributed by atoms with Crippen LogP contribution in [0.15, 0.2) is 67.3 Å². The van der Waals surface area contributed by atoms with Crippen LogP contribution < -0.4 is 5.32 Å². The molecule has 1 amide bonds. The third kappa shape index (κ3) is 3.75.